The molecule has 0 fully saturated rings. The molecular formula is C13H24O4Si. The molecule has 2 atom stereocenters. The topological polar surface area (TPSA) is 55.8 Å². The van der Waals surface area contributed by atoms with Crippen molar-refractivity contribution in [3.63, 3.8) is 0 Å². The summed E-state index contributed by atoms with van der Waals surface area (Å²) in [6, 6.07) is 3.05. The molecule has 0 aromatic heterocycles. The lowest BCUT2D eigenvalue weighted by atomic mass is 10.2. The van der Waals surface area contributed by atoms with Gasteiger partial charge >= 0.3 is 5.97 Å². The molecular weight excluding hydrogens is 248 g/mol. The van der Waals surface area contributed by atoms with E-state index in [2.05, 4.69) is 37.3 Å². The molecule has 0 unspecified atom stereocenters. The number of rotatable bonds is 6. The number of methoxy groups -OCH3 is 1. The second-order valence-corrected chi connectivity index (χ2v) is 9.00. The van der Waals surface area contributed by atoms with Gasteiger partial charge in [0, 0.05) is 5.92 Å². The summed E-state index contributed by atoms with van der Waals surface area (Å²) in [6.07, 6.45) is -1.34. The van der Waals surface area contributed by atoms with Gasteiger partial charge in [0.2, 0.25) is 0 Å². The van der Waals surface area contributed by atoms with Crippen LogP contribution in [0.2, 0.25) is 18.1 Å². The minimum atomic E-state index is -1.75. The van der Waals surface area contributed by atoms with Gasteiger partial charge in [0.05, 0.1) is 13.2 Å². The number of ether oxygens (including phenoxy) is 1. The minimum Gasteiger partial charge on any atom is -0.459 e. The summed E-state index contributed by atoms with van der Waals surface area (Å²) in [5, 5.41) is 9.83. The van der Waals surface area contributed by atoms with Crippen LogP contribution in [0.1, 0.15) is 27.7 Å². The minimum absolute atomic E-state index is 0.381. The first-order valence-electron chi connectivity index (χ1n) is 6.40. The maximum absolute atomic E-state index is 10.9. The standard InChI is InChI=1S/C13H24O4Si/c1-6-18(7-2,8-3)17-11(4)12(14)9-10-13(15)16-5/h11-12,14H,6-8H2,1-5H3/t11-,12+/m0/s1. The SMILES string of the molecule is CC[Si](CC)(CC)O[C@@H](C)[C@H](O)C#CC(=O)OC. The Labute approximate surface area is 111 Å². The zero-order valence-electron chi connectivity index (χ0n) is 11.9. The lowest BCUT2D eigenvalue weighted by Crippen LogP contribution is -2.42. The highest BCUT2D eigenvalue weighted by Crippen LogP contribution is 2.24. The zero-order chi connectivity index (χ0) is 14.2. The van der Waals surface area contributed by atoms with E-state index in [1.54, 1.807) is 6.92 Å². The van der Waals surface area contributed by atoms with Crippen LogP contribution in [0, 0.1) is 11.8 Å². The number of esters is 1. The third-order valence-corrected chi connectivity index (χ3v) is 8.06. The van der Waals surface area contributed by atoms with Crippen molar-refractivity contribution in [3.05, 3.63) is 0 Å². The second-order valence-electron chi connectivity index (χ2n) is 4.27. The summed E-state index contributed by atoms with van der Waals surface area (Å²) in [5.41, 5.74) is 0. The fourth-order valence-electron chi connectivity index (χ4n) is 1.76. The maximum atomic E-state index is 10.9. The Morgan fingerprint density at radius 1 is 1.28 bits per heavy atom. The smallest absolute Gasteiger partial charge is 0.384 e. The third-order valence-electron chi connectivity index (χ3n) is 3.32. The molecule has 0 aliphatic heterocycles. The number of carbonyl (C=O) groups is 1. The molecule has 0 aliphatic rings. The quantitative estimate of drug-likeness (QED) is 0.347. The second kappa shape index (κ2) is 8.30. The molecule has 4 nitrogen and oxygen atoms in total. The Hall–Kier alpha value is -0.833. The van der Waals surface area contributed by atoms with Crippen LogP contribution in [-0.2, 0) is 14.0 Å². The molecule has 18 heavy (non-hydrogen) atoms. The summed E-state index contributed by atoms with van der Waals surface area (Å²) in [5.74, 6) is 4.04. The van der Waals surface area contributed by atoms with Crippen LogP contribution in [0.5, 0.6) is 0 Å². The average Bonchev–Trinajstić information content (AvgIpc) is 2.41. The number of aliphatic hydroxyl groups excluding tert-OH is 1. The van der Waals surface area contributed by atoms with Gasteiger partial charge in [-0.15, -0.1) is 0 Å². The fraction of sp³-hybridized carbons (Fsp3) is 0.769. The molecule has 0 saturated carbocycles. The van der Waals surface area contributed by atoms with Crippen LogP contribution >= 0.6 is 0 Å². The van der Waals surface area contributed by atoms with Crippen molar-refractivity contribution in [3.8, 4) is 11.8 Å². The van der Waals surface area contributed by atoms with E-state index in [4.69, 9.17) is 4.43 Å². The van der Waals surface area contributed by atoms with E-state index in [1.165, 1.54) is 7.11 Å². The van der Waals surface area contributed by atoms with E-state index in [1.807, 2.05) is 0 Å². The summed E-state index contributed by atoms with van der Waals surface area (Å²) in [4.78, 5) is 10.9. The molecule has 0 saturated heterocycles. The highest BCUT2D eigenvalue weighted by atomic mass is 28.4. The highest BCUT2D eigenvalue weighted by molar-refractivity contribution is 6.73. The van der Waals surface area contributed by atoms with Gasteiger partial charge in [-0.3, -0.25) is 0 Å². The predicted octanol–water partition coefficient (Wildman–Crippen LogP) is 1.93. The van der Waals surface area contributed by atoms with E-state index in [0.29, 0.717) is 0 Å². The lowest BCUT2D eigenvalue weighted by Gasteiger charge is -2.32. The van der Waals surface area contributed by atoms with E-state index in [-0.39, 0.29) is 6.10 Å². The lowest BCUT2D eigenvalue weighted by molar-refractivity contribution is -0.133. The maximum Gasteiger partial charge on any atom is 0.384 e. The number of carbonyl (C=O) groups excluding carboxylic acids is 1. The molecule has 0 aromatic carbocycles. The van der Waals surface area contributed by atoms with Gasteiger partial charge in [-0.05, 0) is 25.1 Å². The zero-order valence-corrected chi connectivity index (χ0v) is 12.9. The molecule has 0 bridgehead atoms. The fourth-order valence-corrected chi connectivity index (χ4v) is 4.68. The Kier molecular flexibility index (Phi) is 7.92. The largest absolute Gasteiger partial charge is 0.459 e. The molecule has 0 aromatic rings. The first-order valence-corrected chi connectivity index (χ1v) is 8.93. The van der Waals surface area contributed by atoms with Crippen molar-refractivity contribution < 1.29 is 19.1 Å². The highest BCUT2D eigenvalue weighted by Gasteiger charge is 2.32. The van der Waals surface area contributed by atoms with Crippen molar-refractivity contribution in [1.29, 1.82) is 0 Å². The normalized spacial score (nSPS) is 14.3. The molecule has 0 spiro atoms. The number of hydrogen-bond acceptors (Lipinski definition) is 4. The van der Waals surface area contributed by atoms with Crippen LogP contribution in [0.4, 0.5) is 0 Å². The molecule has 1 N–H and O–H groups in total. The van der Waals surface area contributed by atoms with Gasteiger partial charge < -0.3 is 14.3 Å². The van der Waals surface area contributed by atoms with Gasteiger partial charge in [-0.1, -0.05) is 26.7 Å². The van der Waals surface area contributed by atoms with Gasteiger partial charge in [-0.25, -0.2) is 4.79 Å². The van der Waals surface area contributed by atoms with Crippen LogP contribution in [-0.4, -0.2) is 38.7 Å². The monoisotopic (exact) mass is 272 g/mol. The van der Waals surface area contributed by atoms with Gasteiger partial charge in [0.15, 0.2) is 8.32 Å². The number of hydrogen-bond donors (Lipinski definition) is 1. The van der Waals surface area contributed by atoms with Gasteiger partial charge in [-0.2, -0.15) is 0 Å². The molecule has 0 aliphatic carbocycles. The Bertz CT molecular complexity index is 306. The molecule has 0 amide bonds. The summed E-state index contributed by atoms with van der Waals surface area (Å²) in [6.45, 7) is 8.16. The van der Waals surface area contributed by atoms with Crippen molar-refractivity contribution in [2.24, 2.45) is 0 Å². The summed E-state index contributed by atoms with van der Waals surface area (Å²) in [7, 11) is -0.495. The Morgan fingerprint density at radius 3 is 2.17 bits per heavy atom. The molecule has 5 heteroatoms. The van der Waals surface area contributed by atoms with Crippen LogP contribution < -0.4 is 0 Å². The molecule has 0 heterocycles. The van der Waals surface area contributed by atoms with Crippen molar-refractivity contribution in [1.82, 2.24) is 0 Å². The van der Waals surface area contributed by atoms with Crippen LogP contribution in [0.3, 0.4) is 0 Å². The first kappa shape index (κ1) is 17.2. The molecule has 0 radical (unpaired) electrons. The van der Waals surface area contributed by atoms with Crippen LogP contribution in [0.25, 0.3) is 0 Å². The van der Waals surface area contributed by atoms with E-state index in [0.717, 1.165) is 18.1 Å². The van der Waals surface area contributed by atoms with E-state index < -0.39 is 20.4 Å². The van der Waals surface area contributed by atoms with E-state index >= 15 is 0 Å². The predicted molar refractivity (Wildman–Crippen MR) is 73.5 cm³/mol. The Balaban J connectivity index is 4.58. The first-order chi connectivity index (χ1) is 8.44. The van der Waals surface area contributed by atoms with Gasteiger partial charge in [0.1, 0.15) is 6.10 Å². The van der Waals surface area contributed by atoms with Crippen molar-refractivity contribution >= 4 is 14.3 Å². The van der Waals surface area contributed by atoms with E-state index in [9.17, 15) is 9.90 Å². The Morgan fingerprint density at radius 2 is 1.78 bits per heavy atom. The van der Waals surface area contributed by atoms with Crippen LogP contribution in [0.15, 0.2) is 0 Å². The average molecular weight is 272 g/mol. The summed E-state index contributed by atoms with van der Waals surface area (Å²) >= 11 is 0. The molecule has 0 rings (SSSR count). The molecule has 104 valence electrons. The third kappa shape index (κ3) is 5.21. The van der Waals surface area contributed by atoms with Crippen molar-refractivity contribution in [2.45, 2.75) is 58.0 Å². The summed E-state index contributed by atoms with van der Waals surface area (Å²) < 4.78 is 10.4. The van der Waals surface area contributed by atoms with Gasteiger partial charge in [0.25, 0.3) is 0 Å². The number of aliphatic hydroxyl groups is 1. The van der Waals surface area contributed by atoms with Crippen molar-refractivity contribution in [2.75, 3.05) is 7.11 Å².